The Labute approximate surface area is 151 Å². The van der Waals surface area contributed by atoms with Gasteiger partial charge >= 0.3 is 5.97 Å². The Morgan fingerprint density at radius 3 is 2.36 bits per heavy atom. The molecule has 3 N–H and O–H groups in total. The van der Waals surface area contributed by atoms with Crippen molar-refractivity contribution in [3.63, 3.8) is 0 Å². The van der Waals surface area contributed by atoms with Crippen LogP contribution in [0.15, 0.2) is 0 Å². The molecule has 8 atom stereocenters. The second kappa shape index (κ2) is 5.22. The van der Waals surface area contributed by atoms with Gasteiger partial charge in [-0.25, -0.2) is 0 Å². The van der Waals surface area contributed by atoms with Crippen LogP contribution in [0.2, 0.25) is 0 Å². The van der Waals surface area contributed by atoms with Crippen molar-refractivity contribution in [2.75, 3.05) is 6.61 Å². The molecule has 0 heterocycles. The van der Waals surface area contributed by atoms with Crippen molar-refractivity contribution >= 4 is 5.97 Å². The highest BCUT2D eigenvalue weighted by molar-refractivity contribution is 5.75. The molecule has 4 nitrogen and oxygen atoms in total. The third-order valence-corrected chi connectivity index (χ3v) is 9.62. The molecule has 4 fully saturated rings. The van der Waals surface area contributed by atoms with Gasteiger partial charge in [-0.05, 0) is 80.0 Å². The predicted octanol–water partition coefficient (Wildman–Crippen LogP) is 3.45. The average molecular weight is 350 g/mol. The fourth-order valence-corrected chi connectivity index (χ4v) is 8.53. The highest BCUT2D eigenvalue weighted by Crippen LogP contribution is 2.75. The third kappa shape index (κ3) is 1.99. The highest BCUT2D eigenvalue weighted by Gasteiger charge is 2.71. The first-order chi connectivity index (χ1) is 11.6. The Morgan fingerprint density at radius 2 is 1.72 bits per heavy atom. The van der Waals surface area contributed by atoms with E-state index in [4.69, 9.17) is 0 Å². The van der Waals surface area contributed by atoms with E-state index in [0.717, 1.165) is 51.4 Å². The standard InChI is InChI=1S/C21H34O4/c1-18-9-5-15-19(2)7-4-8-20(3,17(24)25)14(19)6-10-21(15,12-18)13(11-22)16(18)23/h13-16,22-23H,4-12H2,1-3H3,(H,24,25)/t13-,14+,15+,16-,18+,19-,20-,21-/m1/s1. The Balaban J connectivity index is 1.78. The summed E-state index contributed by atoms with van der Waals surface area (Å²) < 4.78 is 0. The number of carboxylic acids is 1. The molecule has 0 unspecified atom stereocenters. The molecule has 1 spiro atoms. The quantitative estimate of drug-likeness (QED) is 0.713. The summed E-state index contributed by atoms with van der Waals surface area (Å²) in [4.78, 5) is 12.1. The van der Waals surface area contributed by atoms with Gasteiger partial charge in [0.15, 0.2) is 0 Å². The minimum atomic E-state index is -0.634. The van der Waals surface area contributed by atoms with Crippen LogP contribution in [0.4, 0.5) is 0 Å². The highest BCUT2D eigenvalue weighted by atomic mass is 16.4. The summed E-state index contributed by atoms with van der Waals surface area (Å²) in [6, 6.07) is 0. The van der Waals surface area contributed by atoms with E-state index in [2.05, 4.69) is 13.8 Å². The molecule has 4 heteroatoms. The fraction of sp³-hybridized carbons (Fsp3) is 0.952. The number of rotatable bonds is 2. The zero-order chi connectivity index (χ0) is 18.3. The van der Waals surface area contributed by atoms with E-state index in [1.165, 1.54) is 0 Å². The summed E-state index contributed by atoms with van der Waals surface area (Å²) >= 11 is 0. The van der Waals surface area contributed by atoms with Crippen LogP contribution in [-0.4, -0.2) is 34.0 Å². The molecule has 4 saturated carbocycles. The van der Waals surface area contributed by atoms with Gasteiger partial charge in [0.05, 0.1) is 11.5 Å². The lowest BCUT2D eigenvalue weighted by Gasteiger charge is -2.64. The van der Waals surface area contributed by atoms with Gasteiger partial charge in [-0.1, -0.05) is 20.3 Å². The molecule has 0 radical (unpaired) electrons. The van der Waals surface area contributed by atoms with Crippen molar-refractivity contribution in [1.29, 1.82) is 0 Å². The monoisotopic (exact) mass is 350 g/mol. The molecule has 142 valence electrons. The first-order valence-electron chi connectivity index (χ1n) is 10.2. The molecule has 2 bridgehead atoms. The van der Waals surface area contributed by atoms with Gasteiger partial charge in [-0.3, -0.25) is 4.79 Å². The zero-order valence-corrected chi connectivity index (χ0v) is 15.9. The van der Waals surface area contributed by atoms with Gasteiger partial charge in [-0.2, -0.15) is 0 Å². The second-order valence-electron chi connectivity index (χ2n) is 10.6. The number of fused-ring (bicyclic) bond motifs is 3. The van der Waals surface area contributed by atoms with Gasteiger partial charge in [0.25, 0.3) is 0 Å². The van der Waals surface area contributed by atoms with Crippen molar-refractivity contribution in [3.05, 3.63) is 0 Å². The van der Waals surface area contributed by atoms with Crippen LogP contribution in [0, 0.1) is 39.4 Å². The molecule has 0 aromatic rings. The van der Waals surface area contributed by atoms with Crippen molar-refractivity contribution in [2.45, 2.75) is 78.2 Å². The minimum Gasteiger partial charge on any atom is -0.481 e. The number of aliphatic hydroxyl groups excluding tert-OH is 2. The van der Waals surface area contributed by atoms with Gasteiger partial charge in [-0.15, -0.1) is 0 Å². The normalized spacial score (nSPS) is 57.6. The van der Waals surface area contributed by atoms with Gasteiger partial charge in [0.1, 0.15) is 0 Å². The first-order valence-corrected chi connectivity index (χ1v) is 10.2. The molecule has 25 heavy (non-hydrogen) atoms. The number of carboxylic acid groups (broad SMARTS) is 1. The number of hydrogen-bond acceptors (Lipinski definition) is 3. The predicted molar refractivity (Wildman–Crippen MR) is 94.9 cm³/mol. The van der Waals surface area contributed by atoms with Crippen LogP contribution in [-0.2, 0) is 4.79 Å². The Bertz CT molecular complexity index is 590. The van der Waals surface area contributed by atoms with Crippen LogP contribution >= 0.6 is 0 Å². The van der Waals surface area contributed by atoms with Gasteiger partial charge in [0, 0.05) is 12.5 Å². The number of aliphatic hydroxyl groups is 2. The molecule has 0 aromatic carbocycles. The second-order valence-corrected chi connectivity index (χ2v) is 10.6. The van der Waals surface area contributed by atoms with Crippen LogP contribution in [0.25, 0.3) is 0 Å². The number of aliphatic carboxylic acids is 1. The lowest BCUT2D eigenvalue weighted by molar-refractivity contribution is -0.189. The first kappa shape index (κ1) is 17.8. The molecule has 4 rings (SSSR count). The number of carbonyl (C=O) groups is 1. The van der Waals surface area contributed by atoms with E-state index in [9.17, 15) is 20.1 Å². The summed E-state index contributed by atoms with van der Waals surface area (Å²) in [6.45, 7) is 6.56. The molecule has 4 aliphatic carbocycles. The number of hydrogen-bond donors (Lipinski definition) is 3. The molecule has 0 aliphatic heterocycles. The summed E-state index contributed by atoms with van der Waals surface area (Å²) in [7, 11) is 0. The zero-order valence-electron chi connectivity index (χ0n) is 15.9. The van der Waals surface area contributed by atoms with E-state index in [-0.39, 0.29) is 34.7 Å². The summed E-state index contributed by atoms with van der Waals surface area (Å²) in [6.07, 6.45) is 7.42. The van der Waals surface area contributed by atoms with E-state index in [1.54, 1.807) is 0 Å². The molecule has 0 aromatic heterocycles. The molecule has 4 aliphatic rings. The van der Waals surface area contributed by atoms with Crippen LogP contribution in [0.3, 0.4) is 0 Å². The Hall–Kier alpha value is -0.610. The van der Waals surface area contributed by atoms with E-state index in [0.29, 0.717) is 5.92 Å². The molecular weight excluding hydrogens is 316 g/mol. The maximum absolute atomic E-state index is 12.1. The van der Waals surface area contributed by atoms with Crippen molar-refractivity contribution < 1.29 is 20.1 Å². The smallest absolute Gasteiger partial charge is 0.309 e. The summed E-state index contributed by atoms with van der Waals surface area (Å²) in [5.41, 5.74) is -0.676. The van der Waals surface area contributed by atoms with Gasteiger partial charge in [0.2, 0.25) is 0 Å². The van der Waals surface area contributed by atoms with Crippen molar-refractivity contribution in [1.82, 2.24) is 0 Å². The lowest BCUT2D eigenvalue weighted by Crippen LogP contribution is -2.60. The van der Waals surface area contributed by atoms with Gasteiger partial charge < -0.3 is 15.3 Å². The van der Waals surface area contributed by atoms with Crippen LogP contribution in [0.1, 0.15) is 72.1 Å². The van der Waals surface area contributed by atoms with Crippen LogP contribution < -0.4 is 0 Å². The maximum Gasteiger partial charge on any atom is 0.309 e. The maximum atomic E-state index is 12.1. The summed E-state index contributed by atoms with van der Waals surface area (Å²) in [5, 5.41) is 31.1. The topological polar surface area (TPSA) is 77.8 Å². The summed E-state index contributed by atoms with van der Waals surface area (Å²) in [5.74, 6) is -0.0330. The minimum absolute atomic E-state index is 0.00314. The Kier molecular flexibility index (Phi) is 3.71. The Morgan fingerprint density at radius 1 is 1.04 bits per heavy atom. The average Bonchev–Trinajstić information content (AvgIpc) is 2.69. The molecular formula is C21H34O4. The van der Waals surface area contributed by atoms with Crippen molar-refractivity contribution in [2.24, 2.45) is 39.4 Å². The van der Waals surface area contributed by atoms with E-state index >= 15 is 0 Å². The van der Waals surface area contributed by atoms with Crippen LogP contribution in [0.5, 0.6) is 0 Å². The largest absolute Gasteiger partial charge is 0.481 e. The SMILES string of the molecule is C[C@]12CC[C@H]3[C@]4(C)CCC[C@@](C)(C(=O)O)[C@H]4CC[C@@]3(C1)[C@H](CO)[C@H]2O. The van der Waals surface area contributed by atoms with E-state index in [1.807, 2.05) is 6.92 Å². The van der Waals surface area contributed by atoms with Crippen molar-refractivity contribution in [3.8, 4) is 0 Å². The lowest BCUT2D eigenvalue weighted by atomic mass is 9.39. The molecule has 0 amide bonds. The molecule has 0 saturated heterocycles. The fourth-order valence-electron chi connectivity index (χ4n) is 8.53. The third-order valence-electron chi connectivity index (χ3n) is 9.62. The van der Waals surface area contributed by atoms with E-state index < -0.39 is 17.5 Å².